The van der Waals surface area contributed by atoms with Crippen molar-refractivity contribution in [3.05, 3.63) is 0 Å². The summed E-state index contributed by atoms with van der Waals surface area (Å²) in [5.74, 6) is -1.37. The molecule has 0 spiro atoms. The first-order valence-corrected chi connectivity index (χ1v) is 5.88. The third kappa shape index (κ3) is 8.13. The van der Waals surface area contributed by atoms with Crippen LogP contribution in [0.3, 0.4) is 0 Å². The summed E-state index contributed by atoms with van der Waals surface area (Å²) >= 11 is 0. The highest BCUT2D eigenvalue weighted by molar-refractivity contribution is 5.85. The summed E-state index contributed by atoms with van der Waals surface area (Å²) in [4.78, 5) is 23.0. The predicted octanol–water partition coefficient (Wildman–Crippen LogP) is -0.143. The van der Waals surface area contributed by atoms with Crippen LogP contribution in [0.1, 0.15) is 13.3 Å². The number of nitrogens with zero attached hydrogens (tertiary/aromatic N) is 1. The van der Waals surface area contributed by atoms with Gasteiger partial charge in [0.2, 0.25) is 5.91 Å². The van der Waals surface area contributed by atoms with Gasteiger partial charge in [-0.2, -0.15) is 5.26 Å². The molecule has 0 aliphatic heterocycles. The lowest BCUT2D eigenvalue weighted by Gasteiger charge is -2.17. The van der Waals surface area contributed by atoms with Crippen LogP contribution in [0.2, 0.25) is 0 Å². The van der Waals surface area contributed by atoms with Crippen molar-refractivity contribution >= 4 is 11.9 Å². The van der Waals surface area contributed by atoms with Gasteiger partial charge in [0, 0.05) is 13.0 Å². The van der Waals surface area contributed by atoms with E-state index in [1.165, 1.54) is 14.2 Å². The quantitative estimate of drug-likeness (QED) is 0.463. The van der Waals surface area contributed by atoms with E-state index in [1.807, 2.05) is 6.07 Å². The van der Waals surface area contributed by atoms with Crippen LogP contribution < -0.4 is 5.32 Å². The summed E-state index contributed by atoms with van der Waals surface area (Å²) in [6.07, 6.45) is 0.201. The molecule has 0 unspecified atom stereocenters. The molecule has 0 saturated heterocycles. The van der Waals surface area contributed by atoms with E-state index in [9.17, 15) is 9.59 Å². The smallest absolute Gasteiger partial charge is 0.328 e. The molecule has 1 amide bonds. The minimum atomic E-state index is -0.835. The molecule has 0 rings (SSSR count). The monoisotopic (exact) mass is 272 g/mol. The molecule has 0 fully saturated rings. The maximum atomic E-state index is 11.5. The van der Waals surface area contributed by atoms with Crippen LogP contribution in [0.5, 0.6) is 0 Å². The summed E-state index contributed by atoms with van der Waals surface area (Å²) in [5, 5.41) is 11.2. The maximum Gasteiger partial charge on any atom is 0.328 e. The van der Waals surface area contributed by atoms with Gasteiger partial charge in [-0.3, -0.25) is 4.79 Å². The van der Waals surface area contributed by atoms with Crippen LogP contribution in [-0.4, -0.2) is 52.0 Å². The number of rotatable bonds is 9. The maximum absolute atomic E-state index is 11.5. The van der Waals surface area contributed by atoms with Crippen LogP contribution in [0.15, 0.2) is 0 Å². The molecule has 108 valence electrons. The topological polar surface area (TPSA) is 97.6 Å². The number of methoxy groups -OCH3 is 2. The Kier molecular flexibility index (Phi) is 9.40. The molecule has 2 atom stereocenters. The van der Waals surface area contributed by atoms with E-state index in [4.69, 9.17) is 14.7 Å². The fourth-order valence-corrected chi connectivity index (χ4v) is 1.31. The molecular weight excluding hydrogens is 252 g/mol. The van der Waals surface area contributed by atoms with Crippen LogP contribution >= 0.6 is 0 Å². The van der Waals surface area contributed by atoms with Gasteiger partial charge in [-0.05, 0) is 13.3 Å². The number of carbonyl (C=O) groups excluding carboxylic acids is 2. The Morgan fingerprint density at radius 3 is 2.53 bits per heavy atom. The molecule has 0 aromatic carbocycles. The normalized spacial score (nSPS) is 13.2. The Labute approximate surface area is 112 Å². The number of nitriles is 1. The molecule has 0 saturated carbocycles. The van der Waals surface area contributed by atoms with Crippen LogP contribution in [0.4, 0.5) is 0 Å². The van der Waals surface area contributed by atoms with Crippen molar-refractivity contribution in [1.29, 1.82) is 5.26 Å². The lowest BCUT2D eigenvalue weighted by molar-refractivity contribution is -0.146. The number of esters is 1. The average molecular weight is 272 g/mol. The van der Waals surface area contributed by atoms with Gasteiger partial charge in [-0.15, -0.1) is 0 Å². The van der Waals surface area contributed by atoms with Gasteiger partial charge in [-0.1, -0.05) is 0 Å². The van der Waals surface area contributed by atoms with Crippen LogP contribution in [0, 0.1) is 17.2 Å². The van der Waals surface area contributed by atoms with Crippen molar-refractivity contribution in [2.24, 2.45) is 5.92 Å². The zero-order valence-corrected chi connectivity index (χ0v) is 11.5. The lowest BCUT2D eigenvalue weighted by Crippen LogP contribution is -2.44. The van der Waals surface area contributed by atoms with Gasteiger partial charge in [0.1, 0.15) is 12.6 Å². The largest absolute Gasteiger partial charge is 0.467 e. The van der Waals surface area contributed by atoms with E-state index in [1.54, 1.807) is 6.92 Å². The molecule has 19 heavy (non-hydrogen) atoms. The van der Waals surface area contributed by atoms with Gasteiger partial charge < -0.3 is 19.5 Å². The fourth-order valence-electron chi connectivity index (χ4n) is 1.31. The van der Waals surface area contributed by atoms with Gasteiger partial charge in [0.15, 0.2) is 0 Å². The summed E-state index contributed by atoms with van der Waals surface area (Å²) in [6.45, 7) is 2.18. The highest BCUT2D eigenvalue weighted by Gasteiger charge is 2.23. The molecule has 0 aromatic heterocycles. The second-order valence-electron chi connectivity index (χ2n) is 3.95. The van der Waals surface area contributed by atoms with Crippen molar-refractivity contribution in [2.45, 2.75) is 19.4 Å². The zero-order chi connectivity index (χ0) is 14.7. The van der Waals surface area contributed by atoms with Crippen LogP contribution in [-0.2, 0) is 23.8 Å². The van der Waals surface area contributed by atoms with Crippen molar-refractivity contribution in [1.82, 2.24) is 5.32 Å². The number of nitrogens with one attached hydrogen (secondary N) is 1. The molecule has 7 heteroatoms. The highest BCUT2D eigenvalue weighted by atomic mass is 16.5. The standard InChI is InChI=1S/C12H20N2O5/c1-9(7-13)6-10(12(16)18-3)14-11(15)8-19-5-4-17-2/h9-10H,4-6,8H2,1-3H3,(H,14,15)/t9-,10-/m1/s1. The SMILES string of the molecule is COCCOCC(=O)N[C@H](C[C@@H](C)C#N)C(=O)OC. The zero-order valence-electron chi connectivity index (χ0n) is 11.5. The first kappa shape index (κ1) is 17.4. The summed E-state index contributed by atoms with van der Waals surface area (Å²) in [7, 11) is 2.76. The Balaban J connectivity index is 4.20. The number of amides is 1. The molecule has 7 nitrogen and oxygen atoms in total. The van der Waals surface area contributed by atoms with E-state index in [0.717, 1.165) is 0 Å². The minimum Gasteiger partial charge on any atom is -0.467 e. The first-order valence-electron chi connectivity index (χ1n) is 5.88. The molecule has 1 N–H and O–H groups in total. The number of hydrogen-bond acceptors (Lipinski definition) is 6. The summed E-state index contributed by atoms with van der Waals surface area (Å²) in [6, 6.07) is 1.17. The van der Waals surface area contributed by atoms with Crippen molar-refractivity contribution in [2.75, 3.05) is 34.0 Å². The molecular formula is C12H20N2O5. The Hall–Kier alpha value is -1.65. The summed E-state index contributed by atoms with van der Waals surface area (Å²) < 4.78 is 14.4. The lowest BCUT2D eigenvalue weighted by atomic mass is 10.0. The second kappa shape index (κ2) is 10.3. The first-order chi connectivity index (χ1) is 9.04. The Morgan fingerprint density at radius 2 is 2.00 bits per heavy atom. The molecule has 0 bridgehead atoms. The third-order valence-corrected chi connectivity index (χ3v) is 2.30. The Bertz CT molecular complexity index is 327. The molecule has 0 heterocycles. The van der Waals surface area contributed by atoms with E-state index in [2.05, 4.69) is 10.1 Å². The number of ether oxygens (including phenoxy) is 3. The van der Waals surface area contributed by atoms with Crippen LogP contribution in [0.25, 0.3) is 0 Å². The van der Waals surface area contributed by atoms with Crippen molar-refractivity contribution in [3.8, 4) is 6.07 Å². The number of carbonyl (C=O) groups is 2. The van der Waals surface area contributed by atoms with Gasteiger partial charge in [-0.25, -0.2) is 4.79 Å². The molecule has 0 aromatic rings. The van der Waals surface area contributed by atoms with E-state index in [0.29, 0.717) is 13.2 Å². The molecule has 0 aliphatic carbocycles. The molecule has 0 radical (unpaired) electrons. The highest BCUT2D eigenvalue weighted by Crippen LogP contribution is 2.06. The fraction of sp³-hybridized carbons (Fsp3) is 0.750. The van der Waals surface area contributed by atoms with E-state index < -0.39 is 17.9 Å². The third-order valence-electron chi connectivity index (χ3n) is 2.30. The average Bonchev–Trinajstić information content (AvgIpc) is 2.41. The Morgan fingerprint density at radius 1 is 1.32 bits per heavy atom. The van der Waals surface area contributed by atoms with Gasteiger partial charge in [0.25, 0.3) is 0 Å². The van der Waals surface area contributed by atoms with Gasteiger partial charge in [0.05, 0.1) is 26.4 Å². The number of hydrogen-bond donors (Lipinski definition) is 1. The van der Waals surface area contributed by atoms with E-state index >= 15 is 0 Å². The summed E-state index contributed by atoms with van der Waals surface area (Å²) in [5.41, 5.74) is 0. The van der Waals surface area contributed by atoms with Crippen molar-refractivity contribution < 1.29 is 23.8 Å². The minimum absolute atomic E-state index is 0.169. The van der Waals surface area contributed by atoms with E-state index in [-0.39, 0.29) is 18.9 Å². The second-order valence-corrected chi connectivity index (χ2v) is 3.95. The van der Waals surface area contributed by atoms with Gasteiger partial charge >= 0.3 is 5.97 Å². The van der Waals surface area contributed by atoms with Crippen molar-refractivity contribution in [3.63, 3.8) is 0 Å². The molecule has 0 aliphatic rings. The predicted molar refractivity (Wildman–Crippen MR) is 66.0 cm³/mol.